The molecule has 2 atom stereocenters. The van der Waals surface area contributed by atoms with Gasteiger partial charge in [-0.1, -0.05) is 54.6 Å². The maximum Gasteiger partial charge on any atom is 0.411 e. The van der Waals surface area contributed by atoms with Gasteiger partial charge in [-0.15, -0.1) is 0 Å². The van der Waals surface area contributed by atoms with Gasteiger partial charge in [0.25, 0.3) is 5.56 Å². The fraction of sp³-hybridized carbons (Fsp3) is 0.357. The fourth-order valence-electron chi connectivity index (χ4n) is 4.75. The number of ether oxygens (including phenoxy) is 1. The molecule has 0 aliphatic carbocycles. The van der Waals surface area contributed by atoms with Crippen molar-refractivity contribution in [2.24, 2.45) is 7.05 Å². The molecule has 0 unspecified atom stereocenters. The first-order chi connectivity index (χ1) is 16.1. The molecule has 1 amide bonds. The molecule has 6 nitrogen and oxygen atoms in total. The molecule has 1 aliphatic rings. The van der Waals surface area contributed by atoms with Crippen LogP contribution in [0.2, 0.25) is 0 Å². The molecule has 1 fully saturated rings. The number of hydrogen-bond acceptors (Lipinski definition) is 4. The lowest BCUT2D eigenvalue weighted by atomic mass is 9.80. The summed E-state index contributed by atoms with van der Waals surface area (Å²) in [6.45, 7) is 5.98. The molecule has 0 spiro atoms. The molecule has 0 radical (unpaired) electrons. The number of cyclic esters (lactones) is 1. The zero-order valence-corrected chi connectivity index (χ0v) is 20.2. The third-order valence-corrected chi connectivity index (χ3v) is 6.59. The summed E-state index contributed by atoms with van der Waals surface area (Å²) in [5, 5.41) is 10.6. The van der Waals surface area contributed by atoms with Crippen LogP contribution in [0.1, 0.15) is 50.8 Å². The molecule has 4 rings (SSSR count). The minimum Gasteiger partial charge on any atom is -0.438 e. The van der Waals surface area contributed by atoms with Crippen LogP contribution in [-0.2, 0) is 17.4 Å². The highest BCUT2D eigenvalue weighted by molar-refractivity contribution is 5.70. The third-order valence-electron chi connectivity index (χ3n) is 6.59. The first-order valence-electron chi connectivity index (χ1n) is 11.6. The van der Waals surface area contributed by atoms with Crippen molar-refractivity contribution < 1.29 is 14.6 Å². The summed E-state index contributed by atoms with van der Waals surface area (Å²) in [5.41, 5.74) is 1.78. The molecule has 1 aromatic heterocycles. The zero-order chi connectivity index (χ0) is 24.5. The molecule has 6 heteroatoms. The SMILES string of the molecule is C[C@H](c1ccc(-c2ccn(C)c(=O)c2)cc1)N1CC[C@@](CC(C)(C)O)(c2ccccc2)OC1=O. The topological polar surface area (TPSA) is 71.8 Å². The Morgan fingerprint density at radius 2 is 1.71 bits per heavy atom. The van der Waals surface area contributed by atoms with Gasteiger partial charge in [-0.3, -0.25) is 4.79 Å². The minimum absolute atomic E-state index is 0.0565. The minimum atomic E-state index is -0.988. The largest absolute Gasteiger partial charge is 0.438 e. The average Bonchev–Trinajstić information content (AvgIpc) is 2.80. The van der Waals surface area contributed by atoms with Crippen molar-refractivity contribution in [2.45, 2.75) is 50.9 Å². The van der Waals surface area contributed by atoms with Gasteiger partial charge in [0.2, 0.25) is 0 Å². The van der Waals surface area contributed by atoms with E-state index < -0.39 is 11.2 Å². The Bertz CT molecular complexity index is 1210. The van der Waals surface area contributed by atoms with Crippen LogP contribution in [0.3, 0.4) is 0 Å². The number of amides is 1. The normalized spacial score (nSPS) is 19.6. The average molecular weight is 461 g/mol. The molecule has 1 aliphatic heterocycles. The van der Waals surface area contributed by atoms with Crippen molar-refractivity contribution in [1.82, 2.24) is 9.47 Å². The summed E-state index contributed by atoms with van der Waals surface area (Å²) < 4.78 is 7.64. The highest BCUT2D eigenvalue weighted by atomic mass is 16.6. The Labute approximate surface area is 200 Å². The Morgan fingerprint density at radius 1 is 1.03 bits per heavy atom. The van der Waals surface area contributed by atoms with Crippen molar-refractivity contribution in [2.75, 3.05) is 6.54 Å². The van der Waals surface area contributed by atoms with Gasteiger partial charge in [0, 0.05) is 38.7 Å². The molecule has 0 bridgehead atoms. The monoisotopic (exact) mass is 460 g/mol. The van der Waals surface area contributed by atoms with Gasteiger partial charge < -0.3 is 19.3 Å². The second kappa shape index (κ2) is 9.11. The number of aryl methyl sites for hydroxylation is 1. The van der Waals surface area contributed by atoms with E-state index in [4.69, 9.17) is 4.74 Å². The van der Waals surface area contributed by atoms with Crippen LogP contribution in [0.25, 0.3) is 11.1 Å². The van der Waals surface area contributed by atoms with Gasteiger partial charge in [-0.25, -0.2) is 4.79 Å². The van der Waals surface area contributed by atoms with Crippen LogP contribution in [-0.4, -0.2) is 32.8 Å². The van der Waals surface area contributed by atoms with E-state index in [2.05, 4.69) is 0 Å². The maximum atomic E-state index is 13.2. The van der Waals surface area contributed by atoms with Crippen LogP contribution in [0.4, 0.5) is 4.79 Å². The molecule has 34 heavy (non-hydrogen) atoms. The molecule has 1 saturated heterocycles. The van der Waals surface area contributed by atoms with Crippen LogP contribution in [0, 0.1) is 0 Å². The smallest absolute Gasteiger partial charge is 0.411 e. The molecule has 2 heterocycles. The van der Waals surface area contributed by atoms with Crippen molar-refractivity contribution >= 4 is 6.09 Å². The molecule has 3 aromatic rings. The van der Waals surface area contributed by atoms with Crippen molar-refractivity contribution in [1.29, 1.82) is 0 Å². The van der Waals surface area contributed by atoms with Crippen molar-refractivity contribution in [3.63, 3.8) is 0 Å². The zero-order valence-electron chi connectivity index (χ0n) is 20.2. The van der Waals surface area contributed by atoms with Crippen molar-refractivity contribution in [3.05, 3.63) is 94.4 Å². The second-order valence-electron chi connectivity index (χ2n) is 9.82. The summed E-state index contributed by atoms with van der Waals surface area (Å²) >= 11 is 0. The lowest BCUT2D eigenvalue weighted by molar-refractivity contribution is -0.101. The fourth-order valence-corrected chi connectivity index (χ4v) is 4.75. The van der Waals surface area contributed by atoms with E-state index in [9.17, 15) is 14.7 Å². The van der Waals surface area contributed by atoms with Crippen LogP contribution in [0.15, 0.2) is 77.7 Å². The van der Waals surface area contributed by atoms with Gasteiger partial charge in [0.1, 0.15) is 5.60 Å². The standard InChI is InChI=1S/C28H32N2O4/c1-20(21-10-12-22(13-11-21)23-14-16-29(4)25(31)18-23)30-17-15-28(34-26(30)32,19-27(2,3)33)24-8-6-5-7-9-24/h5-14,16,18,20,33H,15,17,19H2,1-4H3/t20-,28-/m1/s1. The Kier molecular flexibility index (Phi) is 6.36. The summed E-state index contributed by atoms with van der Waals surface area (Å²) in [4.78, 5) is 26.9. The number of carbonyl (C=O) groups excluding carboxylic acids is 1. The molecule has 0 saturated carbocycles. The number of benzene rings is 2. The predicted octanol–water partition coefficient (Wildman–Crippen LogP) is 5.01. The Morgan fingerprint density at radius 3 is 2.29 bits per heavy atom. The molecule has 178 valence electrons. The van der Waals surface area contributed by atoms with E-state index in [1.165, 1.54) is 4.57 Å². The molecular formula is C28H32N2O4. The number of pyridine rings is 1. The first kappa shape index (κ1) is 23.8. The van der Waals surface area contributed by atoms with Gasteiger partial charge in [0.05, 0.1) is 11.6 Å². The van der Waals surface area contributed by atoms with E-state index in [1.54, 1.807) is 38.1 Å². The summed E-state index contributed by atoms with van der Waals surface area (Å²) in [7, 11) is 1.72. The van der Waals surface area contributed by atoms with Gasteiger partial charge in [0.15, 0.2) is 0 Å². The first-order valence-corrected chi connectivity index (χ1v) is 11.6. The maximum absolute atomic E-state index is 13.2. The lowest BCUT2D eigenvalue weighted by Crippen LogP contribution is -2.51. The van der Waals surface area contributed by atoms with Gasteiger partial charge in [-0.05, 0) is 49.1 Å². The van der Waals surface area contributed by atoms with E-state index in [0.29, 0.717) is 19.4 Å². The highest BCUT2D eigenvalue weighted by Crippen LogP contribution is 2.42. The number of carbonyl (C=O) groups is 1. The van der Waals surface area contributed by atoms with Crippen LogP contribution >= 0.6 is 0 Å². The van der Waals surface area contributed by atoms with E-state index in [1.807, 2.05) is 67.6 Å². The number of nitrogens with zero attached hydrogens (tertiary/aromatic N) is 2. The van der Waals surface area contributed by atoms with Crippen LogP contribution in [0.5, 0.6) is 0 Å². The van der Waals surface area contributed by atoms with Gasteiger partial charge in [-0.2, -0.15) is 0 Å². The molecule has 2 aromatic carbocycles. The molecule has 1 N–H and O–H groups in total. The van der Waals surface area contributed by atoms with Crippen molar-refractivity contribution in [3.8, 4) is 11.1 Å². The number of rotatable bonds is 6. The molecular weight excluding hydrogens is 428 g/mol. The number of aliphatic hydroxyl groups is 1. The second-order valence-corrected chi connectivity index (χ2v) is 9.82. The predicted molar refractivity (Wildman–Crippen MR) is 132 cm³/mol. The summed E-state index contributed by atoms with van der Waals surface area (Å²) in [5.74, 6) is 0. The lowest BCUT2D eigenvalue weighted by Gasteiger charge is -2.45. The quantitative estimate of drug-likeness (QED) is 0.561. The third kappa shape index (κ3) is 4.92. The number of aromatic nitrogens is 1. The summed E-state index contributed by atoms with van der Waals surface area (Å²) in [6.07, 6.45) is 2.28. The summed E-state index contributed by atoms with van der Waals surface area (Å²) in [6, 6.07) is 20.9. The van der Waals surface area contributed by atoms with E-state index >= 15 is 0 Å². The van der Waals surface area contributed by atoms with Crippen LogP contribution < -0.4 is 5.56 Å². The van der Waals surface area contributed by atoms with Gasteiger partial charge >= 0.3 is 6.09 Å². The highest BCUT2D eigenvalue weighted by Gasteiger charge is 2.46. The van der Waals surface area contributed by atoms with E-state index in [-0.39, 0.29) is 17.7 Å². The Hall–Kier alpha value is -3.38. The van der Waals surface area contributed by atoms with E-state index in [0.717, 1.165) is 22.3 Å². The Balaban J connectivity index is 1.54. The number of hydrogen-bond donors (Lipinski definition) is 1.